The van der Waals surface area contributed by atoms with E-state index in [1.165, 1.54) is 0 Å². The van der Waals surface area contributed by atoms with Crippen LogP contribution in [0.5, 0.6) is 0 Å². The first-order chi connectivity index (χ1) is 4.72. The second kappa shape index (κ2) is 6.06. The third kappa shape index (κ3) is 4.19. The van der Waals surface area contributed by atoms with Crippen LogP contribution >= 0.6 is 23.2 Å². The molecule has 59 valence electrons. The number of hydrogen-bond acceptors (Lipinski definition) is 0. The summed E-state index contributed by atoms with van der Waals surface area (Å²) in [4.78, 5) is 0. The molecular formula is C8H13Cl2. The van der Waals surface area contributed by atoms with E-state index in [1.807, 2.05) is 0 Å². The van der Waals surface area contributed by atoms with Gasteiger partial charge in [-0.3, -0.25) is 0 Å². The monoisotopic (exact) mass is 179 g/mol. The summed E-state index contributed by atoms with van der Waals surface area (Å²) in [5.74, 6) is 0. The van der Waals surface area contributed by atoms with Crippen molar-refractivity contribution in [3.05, 3.63) is 18.0 Å². The molecule has 0 nitrogen and oxygen atoms in total. The number of allylic oxidation sites excluding steroid dienone is 1. The van der Waals surface area contributed by atoms with E-state index in [0.29, 0.717) is 0 Å². The molecule has 2 heteroatoms. The van der Waals surface area contributed by atoms with Gasteiger partial charge in [0.1, 0.15) is 0 Å². The zero-order chi connectivity index (χ0) is 7.98. The van der Waals surface area contributed by atoms with Gasteiger partial charge in [0, 0.05) is 0 Å². The molecule has 1 unspecified atom stereocenters. The molecular weight excluding hydrogens is 167 g/mol. The molecule has 0 aromatic heterocycles. The summed E-state index contributed by atoms with van der Waals surface area (Å²) in [5, 5.41) is 0.822. The summed E-state index contributed by atoms with van der Waals surface area (Å²) in [6.45, 7) is 5.67. The van der Waals surface area contributed by atoms with Crippen molar-refractivity contribution in [3.63, 3.8) is 0 Å². The highest BCUT2D eigenvalue weighted by Crippen LogP contribution is 2.25. The van der Waals surface area contributed by atoms with Crippen molar-refractivity contribution in [2.75, 3.05) is 0 Å². The van der Waals surface area contributed by atoms with Crippen molar-refractivity contribution in [2.45, 2.75) is 31.6 Å². The summed E-state index contributed by atoms with van der Waals surface area (Å²) in [6, 6.07) is 0. The molecule has 0 aliphatic rings. The molecule has 10 heavy (non-hydrogen) atoms. The Balaban J connectivity index is 3.47. The first-order valence-corrected chi connectivity index (χ1v) is 4.30. The van der Waals surface area contributed by atoms with Gasteiger partial charge in [-0.15, -0.1) is 29.8 Å². The highest BCUT2D eigenvalue weighted by Gasteiger charge is 2.14. The molecule has 0 spiro atoms. The van der Waals surface area contributed by atoms with Gasteiger partial charge in [-0.05, 0) is 12.8 Å². The molecule has 0 amide bonds. The second-order valence-corrected chi connectivity index (χ2v) is 3.21. The van der Waals surface area contributed by atoms with Crippen molar-refractivity contribution in [3.8, 4) is 0 Å². The van der Waals surface area contributed by atoms with Gasteiger partial charge < -0.3 is 0 Å². The van der Waals surface area contributed by atoms with Gasteiger partial charge in [0.25, 0.3) is 0 Å². The van der Waals surface area contributed by atoms with Crippen LogP contribution in [0.3, 0.4) is 0 Å². The Kier molecular flexibility index (Phi) is 6.25. The fourth-order valence-corrected chi connectivity index (χ4v) is 1.20. The van der Waals surface area contributed by atoms with E-state index in [0.717, 1.165) is 24.6 Å². The highest BCUT2D eigenvalue weighted by atomic mass is 35.5. The van der Waals surface area contributed by atoms with E-state index < -0.39 is 0 Å². The molecule has 0 fully saturated rings. The lowest BCUT2D eigenvalue weighted by atomic mass is 10.1. The van der Waals surface area contributed by atoms with Crippen molar-refractivity contribution >= 4 is 23.2 Å². The molecule has 0 saturated heterocycles. The maximum Gasteiger partial charge on any atom is 0.0852 e. The van der Waals surface area contributed by atoms with Crippen LogP contribution in [0.15, 0.2) is 12.7 Å². The van der Waals surface area contributed by atoms with Gasteiger partial charge in [0.15, 0.2) is 0 Å². The topological polar surface area (TPSA) is 0 Å². The average Bonchev–Trinajstić information content (AvgIpc) is 1.89. The van der Waals surface area contributed by atoms with Crippen LogP contribution in [-0.4, -0.2) is 5.38 Å². The van der Waals surface area contributed by atoms with Crippen molar-refractivity contribution in [1.29, 1.82) is 0 Å². The first kappa shape index (κ1) is 10.3. The Bertz CT molecular complexity index is 91.3. The van der Waals surface area contributed by atoms with Gasteiger partial charge in [0.05, 0.1) is 10.8 Å². The normalized spacial score (nSPS) is 13.6. The summed E-state index contributed by atoms with van der Waals surface area (Å²) in [7, 11) is 0. The van der Waals surface area contributed by atoms with Gasteiger partial charge in [-0.2, -0.15) is 0 Å². The van der Waals surface area contributed by atoms with Crippen molar-refractivity contribution in [1.82, 2.24) is 0 Å². The lowest BCUT2D eigenvalue weighted by molar-refractivity contribution is 0.761. The van der Waals surface area contributed by atoms with E-state index in [9.17, 15) is 0 Å². The Morgan fingerprint density at radius 1 is 1.70 bits per heavy atom. The molecule has 0 rings (SSSR count). The van der Waals surface area contributed by atoms with Crippen LogP contribution < -0.4 is 0 Å². The third-order valence-electron chi connectivity index (χ3n) is 1.22. The lowest BCUT2D eigenvalue weighted by Gasteiger charge is -2.11. The molecule has 1 atom stereocenters. The molecule has 1 radical (unpaired) electrons. The van der Waals surface area contributed by atoms with Gasteiger partial charge >= 0.3 is 0 Å². The van der Waals surface area contributed by atoms with Crippen molar-refractivity contribution < 1.29 is 0 Å². The zero-order valence-corrected chi connectivity index (χ0v) is 7.75. The van der Waals surface area contributed by atoms with E-state index in [2.05, 4.69) is 13.5 Å². The largest absolute Gasteiger partial charge is 0.121 e. The van der Waals surface area contributed by atoms with Crippen LogP contribution in [0.1, 0.15) is 26.2 Å². The fraction of sp³-hybridized carbons (Fsp3) is 0.625. The van der Waals surface area contributed by atoms with E-state index in [4.69, 9.17) is 23.2 Å². The maximum atomic E-state index is 5.89. The molecule has 0 aromatic carbocycles. The predicted molar refractivity (Wildman–Crippen MR) is 48.5 cm³/mol. The Morgan fingerprint density at radius 2 is 2.30 bits per heavy atom. The lowest BCUT2D eigenvalue weighted by Crippen LogP contribution is -2.05. The van der Waals surface area contributed by atoms with Crippen molar-refractivity contribution in [2.24, 2.45) is 0 Å². The second-order valence-electron chi connectivity index (χ2n) is 2.20. The molecule has 0 heterocycles. The standard InChI is InChI=1S/C8H13Cl2/c1-3-5-7(9)8(10)6-4-2/h3,8H,1,4-6H2,2H3. The minimum atomic E-state index is 0.0182. The van der Waals surface area contributed by atoms with E-state index in [1.54, 1.807) is 6.08 Å². The number of hydrogen-bond donors (Lipinski definition) is 0. The minimum Gasteiger partial charge on any atom is -0.121 e. The van der Waals surface area contributed by atoms with Crippen LogP contribution in [0.2, 0.25) is 0 Å². The molecule has 0 N–H and O–H groups in total. The summed E-state index contributed by atoms with van der Waals surface area (Å²) in [6.07, 6.45) is 4.51. The Hall–Kier alpha value is 0.320. The fourth-order valence-electron chi connectivity index (χ4n) is 0.676. The van der Waals surface area contributed by atoms with Crippen LogP contribution in [-0.2, 0) is 0 Å². The summed E-state index contributed by atoms with van der Waals surface area (Å²) < 4.78 is 0. The summed E-state index contributed by atoms with van der Waals surface area (Å²) in [5.41, 5.74) is 0. The van der Waals surface area contributed by atoms with Gasteiger partial charge in [-0.1, -0.05) is 19.4 Å². The molecule has 0 aliphatic heterocycles. The minimum absolute atomic E-state index is 0.0182. The van der Waals surface area contributed by atoms with E-state index in [-0.39, 0.29) is 5.38 Å². The van der Waals surface area contributed by atoms with Gasteiger partial charge in [0.2, 0.25) is 0 Å². The Morgan fingerprint density at radius 3 is 2.70 bits per heavy atom. The zero-order valence-electron chi connectivity index (χ0n) is 6.24. The molecule has 0 bridgehead atoms. The molecule has 0 saturated carbocycles. The smallest absolute Gasteiger partial charge is 0.0852 e. The molecule has 0 aliphatic carbocycles. The highest BCUT2D eigenvalue weighted by molar-refractivity contribution is 6.35. The first-order valence-electron chi connectivity index (χ1n) is 3.48. The van der Waals surface area contributed by atoms with Gasteiger partial charge in [-0.25, -0.2) is 0 Å². The quantitative estimate of drug-likeness (QED) is 0.446. The van der Waals surface area contributed by atoms with Crippen LogP contribution in [0, 0.1) is 5.38 Å². The van der Waals surface area contributed by atoms with Crippen LogP contribution in [0.4, 0.5) is 0 Å². The maximum absolute atomic E-state index is 5.89. The molecule has 0 aromatic rings. The average molecular weight is 180 g/mol. The number of halogens is 2. The SMILES string of the molecule is C=CC[C](Cl)C(Cl)CCC. The third-order valence-corrected chi connectivity index (χ3v) is 2.23. The van der Waals surface area contributed by atoms with Crippen LogP contribution in [0.25, 0.3) is 0 Å². The Labute approximate surface area is 73.2 Å². The predicted octanol–water partition coefficient (Wildman–Crippen LogP) is 3.74. The number of alkyl halides is 1. The van der Waals surface area contributed by atoms with E-state index >= 15 is 0 Å². The summed E-state index contributed by atoms with van der Waals surface area (Å²) >= 11 is 11.7. The number of rotatable bonds is 5.